The van der Waals surface area contributed by atoms with Crippen LogP contribution in [0.2, 0.25) is 10.0 Å². The molecule has 0 bridgehead atoms. The molecule has 1 aliphatic heterocycles. The summed E-state index contributed by atoms with van der Waals surface area (Å²) in [5, 5.41) is 3.57. The minimum Gasteiger partial charge on any atom is -0.316 e. The monoisotopic (exact) mass is 334 g/mol. The van der Waals surface area contributed by atoms with Crippen molar-refractivity contribution in [2.45, 2.75) is 17.9 Å². The number of halogens is 2. The van der Waals surface area contributed by atoms with Gasteiger partial charge in [-0.05, 0) is 31.2 Å². The predicted octanol–water partition coefficient (Wildman–Crippen LogP) is 2.66. The number of hydrogen-bond donors (Lipinski definition) is 1. The summed E-state index contributed by atoms with van der Waals surface area (Å²) >= 11 is 12.1. The van der Waals surface area contributed by atoms with Gasteiger partial charge in [-0.1, -0.05) is 35.4 Å². The average Bonchev–Trinajstić information content (AvgIpc) is 2.42. The standard InChI is InChI=1S/C13H16Cl2N2O2S/c1-16-9-10-7-13(12(15)8-11(10)14)20(18,19)17-5-3-2-4-6-17/h2-3,7-8,16H,4-6,9H2,1H3. The zero-order valence-corrected chi connectivity index (χ0v) is 13.4. The molecule has 0 radical (unpaired) electrons. The fraction of sp³-hybridized carbons (Fsp3) is 0.385. The van der Waals surface area contributed by atoms with Crippen molar-refractivity contribution < 1.29 is 8.42 Å². The molecule has 0 saturated carbocycles. The quantitative estimate of drug-likeness (QED) is 0.861. The van der Waals surface area contributed by atoms with Crippen LogP contribution in [-0.4, -0.2) is 32.9 Å². The van der Waals surface area contributed by atoms with Gasteiger partial charge in [-0.15, -0.1) is 0 Å². The third-order valence-electron chi connectivity index (χ3n) is 3.11. The number of rotatable bonds is 4. The smallest absolute Gasteiger partial charge is 0.244 e. The van der Waals surface area contributed by atoms with Gasteiger partial charge in [0.25, 0.3) is 0 Å². The molecule has 0 spiro atoms. The van der Waals surface area contributed by atoms with E-state index in [1.54, 1.807) is 13.1 Å². The molecule has 0 aromatic heterocycles. The molecule has 4 nitrogen and oxygen atoms in total. The van der Waals surface area contributed by atoms with E-state index in [1.807, 2.05) is 12.2 Å². The van der Waals surface area contributed by atoms with Gasteiger partial charge in [0.2, 0.25) is 10.0 Å². The van der Waals surface area contributed by atoms with Gasteiger partial charge in [0, 0.05) is 24.7 Å². The van der Waals surface area contributed by atoms with Gasteiger partial charge in [-0.2, -0.15) is 4.31 Å². The van der Waals surface area contributed by atoms with E-state index in [0.29, 0.717) is 36.6 Å². The van der Waals surface area contributed by atoms with E-state index in [2.05, 4.69) is 5.32 Å². The lowest BCUT2D eigenvalue weighted by molar-refractivity contribution is 0.437. The lowest BCUT2D eigenvalue weighted by Crippen LogP contribution is -2.34. The SMILES string of the molecule is CNCc1cc(S(=O)(=O)N2CC=CCC2)c(Cl)cc1Cl. The van der Waals surface area contributed by atoms with E-state index < -0.39 is 10.0 Å². The third kappa shape index (κ3) is 3.18. The fourth-order valence-electron chi connectivity index (χ4n) is 2.07. The Kier molecular flexibility index (Phi) is 5.09. The maximum atomic E-state index is 12.6. The number of hydrogen-bond acceptors (Lipinski definition) is 3. The van der Waals surface area contributed by atoms with Crippen LogP contribution in [0.3, 0.4) is 0 Å². The molecule has 0 amide bonds. The first kappa shape index (κ1) is 15.8. The highest BCUT2D eigenvalue weighted by molar-refractivity contribution is 7.89. The van der Waals surface area contributed by atoms with Crippen LogP contribution >= 0.6 is 23.2 Å². The van der Waals surface area contributed by atoms with E-state index in [4.69, 9.17) is 23.2 Å². The molecule has 1 heterocycles. The summed E-state index contributed by atoms with van der Waals surface area (Å²) in [7, 11) is -1.81. The first-order chi connectivity index (χ1) is 9.46. The second kappa shape index (κ2) is 6.45. The van der Waals surface area contributed by atoms with E-state index in [9.17, 15) is 8.42 Å². The van der Waals surface area contributed by atoms with Crippen LogP contribution in [0.5, 0.6) is 0 Å². The summed E-state index contributed by atoms with van der Waals surface area (Å²) in [6.07, 6.45) is 4.54. The maximum absolute atomic E-state index is 12.6. The first-order valence-electron chi connectivity index (χ1n) is 6.24. The van der Waals surface area contributed by atoms with Gasteiger partial charge in [0.15, 0.2) is 0 Å². The second-order valence-electron chi connectivity index (χ2n) is 4.53. The molecule has 1 aliphatic rings. The summed E-state index contributed by atoms with van der Waals surface area (Å²) in [5.41, 5.74) is 0.713. The highest BCUT2D eigenvalue weighted by atomic mass is 35.5. The Morgan fingerprint density at radius 2 is 2.00 bits per heavy atom. The van der Waals surface area contributed by atoms with E-state index in [-0.39, 0.29) is 9.92 Å². The Labute approximate surface area is 129 Å². The molecule has 110 valence electrons. The lowest BCUT2D eigenvalue weighted by Gasteiger charge is -2.23. The van der Waals surface area contributed by atoms with E-state index in [0.717, 1.165) is 0 Å². The van der Waals surface area contributed by atoms with Crippen molar-refractivity contribution in [3.8, 4) is 0 Å². The maximum Gasteiger partial charge on any atom is 0.244 e. The van der Waals surface area contributed by atoms with Gasteiger partial charge >= 0.3 is 0 Å². The summed E-state index contributed by atoms with van der Waals surface area (Å²) in [6.45, 7) is 1.33. The Morgan fingerprint density at radius 3 is 2.60 bits per heavy atom. The molecule has 0 saturated heterocycles. The lowest BCUT2D eigenvalue weighted by atomic mass is 10.2. The Bertz CT molecular complexity index is 630. The van der Waals surface area contributed by atoms with Gasteiger partial charge in [-0.3, -0.25) is 0 Å². The zero-order valence-electron chi connectivity index (χ0n) is 11.1. The number of sulfonamides is 1. The van der Waals surface area contributed by atoms with E-state index >= 15 is 0 Å². The normalized spacial score (nSPS) is 16.6. The Balaban J connectivity index is 2.45. The van der Waals surface area contributed by atoms with Gasteiger partial charge < -0.3 is 5.32 Å². The highest BCUT2D eigenvalue weighted by Gasteiger charge is 2.27. The molecule has 0 aliphatic carbocycles. The van der Waals surface area contributed by atoms with Crippen LogP contribution in [0.15, 0.2) is 29.2 Å². The highest BCUT2D eigenvalue weighted by Crippen LogP contribution is 2.31. The largest absolute Gasteiger partial charge is 0.316 e. The second-order valence-corrected chi connectivity index (χ2v) is 7.25. The van der Waals surface area contributed by atoms with Crippen LogP contribution in [-0.2, 0) is 16.6 Å². The predicted molar refractivity (Wildman–Crippen MR) is 81.7 cm³/mol. The zero-order chi connectivity index (χ0) is 14.8. The molecule has 0 atom stereocenters. The molecule has 1 aromatic rings. The summed E-state index contributed by atoms with van der Waals surface area (Å²) in [5.74, 6) is 0. The topological polar surface area (TPSA) is 49.4 Å². The summed E-state index contributed by atoms with van der Waals surface area (Å²) < 4.78 is 26.7. The van der Waals surface area contributed by atoms with Crippen LogP contribution < -0.4 is 5.32 Å². The summed E-state index contributed by atoms with van der Waals surface area (Å²) in [4.78, 5) is 0.115. The molecule has 1 N–H and O–H groups in total. The fourth-order valence-corrected chi connectivity index (χ4v) is 4.32. The minimum atomic E-state index is -3.59. The van der Waals surface area contributed by atoms with Gasteiger partial charge in [-0.25, -0.2) is 8.42 Å². The molecule has 0 unspecified atom stereocenters. The third-order valence-corrected chi connectivity index (χ3v) is 5.79. The molecule has 20 heavy (non-hydrogen) atoms. The minimum absolute atomic E-state index is 0.115. The number of benzene rings is 1. The van der Waals surface area contributed by atoms with Crippen molar-refractivity contribution >= 4 is 33.2 Å². The molecule has 7 heteroatoms. The molecular weight excluding hydrogens is 319 g/mol. The van der Waals surface area contributed by atoms with Crippen molar-refractivity contribution in [1.29, 1.82) is 0 Å². The van der Waals surface area contributed by atoms with Crippen LogP contribution in [0.1, 0.15) is 12.0 Å². The van der Waals surface area contributed by atoms with Crippen LogP contribution in [0.25, 0.3) is 0 Å². The molecule has 0 fully saturated rings. The molecular formula is C13H16Cl2N2O2S. The van der Waals surface area contributed by atoms with Crippen molar-refractivity contribution in [3.63, 3.8) is 0 Å². The van der Waals surface area contributed by atoms with Gasteiger partial charge in [0.05, 0.1) is 5.02 Å². The Hall–Kier alpha value is -0.590. The van der Waals surface area contributed by atoms with Crippen molar-refractivity contribution in [1.82, 2.24) is 9.62 Å². The van der Waals surface area contributed by atoms with Crippen molar-refractivity contribution in [2.24, 2.45) is 0 Å². The van der Waals surface area contributed by atoms with Crippen molar-refractivity contribution in [2.75, 3.05) is 20.1 Å². The van der Waals surface area contributed by atoms with Crippen LogP contribution in [0.4, 0.5) is 0 Å². The number of nitrogens with one attached hydrogen (secondary N) is 1. The Morgan fingerprint density at radius 1 is 1.25 bits per heavy atom. The van der Waals surface area contributed by atoms with E-state index in [1.165, 1.54) is 10.4 Å². The summed E-state index contributed by atoms with van der Waals surface area (Å²) in [6, 6.07) is 3.04. The van der Waals surface area contributed by atoms with Crippen LogP contribution in [0, 0.1) is 0 Å². The molecule has 2 rings (SSSR count). The number of nitrogens with zero attached hydrogens (tertiary/aromatic N) is 1. The first-order valence-corrected chi connectivity index (χ1v) is 8.44. The molecule has 1 aromatic carbocycles. The van der Waals surface area contributed by atoms with Gasteiger partial charge in [0.1, 0.15) is 4.90 Å². The average molecular weight is 335 g/mol. The van der Waals surface area contributed by atoms with Crippen molar-refractivity contribution in [3.05, 3.63) is 39.9 Å².